The maximum atomic E-state index is 11.8. The zero-order valence-corrected chi connectivity index (χ0v) is 10.1. The van der Waals surface area contributed by atoms with E-state index >= 15 is 0 Å². The third-order valence-corrected chi connectivity index (χ3v) is 2.88. The molecule has 1 N–H and O–H groups in total. The molecule has 0 radical (unpaired) electrons. The maximum Gasteiger partial charge on any atom is 0.235 e. The Morgan fingerprint density at radius 3 is 2.36 bits per heavy atom. The molecule has 3 nitrogen and oxygen atoms in total. The Morgan fingerprint density at radius 2 is 2.00 bits per heavy atom. The van der Waals surface area contributed by atoms with Gasteiger partial charge in [0.05, 0.1) is 11.9 Å². The molecule has 0 saturated carbocycles. The molecular formula is C10H21NO2S. The first kappa shape index (κ1) is 13.8. The van der Waals surface area contributed by atoms with Crippen molar-refractivity contribution in [1.29, 1.82) is 0 Å². The molecular weight excluding hydrogens is 198 g/mol. The second-order valence-electron chi connectivity index (χ2n) is 3.74. The van der Waals surface area contributed by atoms with Gasteiger partial charge in [-0.2, -0.15) is 12.6 Å². The zero-order valence-electron chi connectivity index (χ0n) is 9.23. The lowest BCUT2D eigenvalue weighted by molar-refractivity contribution is -0.131. The number of carbonyl (C=O) groups is 1. The summed E-state index contributed by atoms with van der Waals surface area (Å²) in [5.74, 6) is 0.253. The summed E-state index contributed by atoms with van der Waals surface area (Å²) in [5, 5.41) is 8.56. The molecule has 0 bridgehead atoms. The first-order chi connectivity index (χ1) is 6.54. The Morgan fingerprint density at radius 1 is 1.43 bits per heavy atom. The number of carbonyl (C=O) groups excluding carboxylic acids is 1. The average molecular weight is 219 g/mol. The largest absolute Gasteiger partial charge is 0.395 e. The highest BCUT2D eigenvalue weighted by molar-refractivity contribution is 7.81. The average Bonchev–Trinajstić information content (AvgIpc) is 2.15. The van der Waals surface area contributed by atoms with Gasteiger partial charge in [0.2, 0.25) is 5.91 Å². The highest BCUT2D eigenvalue weighted by Gasteiger charge is 2.22. The van der Waals surface area contributed by atoms with Crippen molar-refractivity contribution in [2.75, 3.05) is 19.7 Å². The van der Waals surface area contributed by atoms with Gasteiger partial charge >= 0.3 is 0 Å². The maximum absolute atomic E-state index is 11.8. The molecule has 0 aromatic carbocycles. The molecule has 0 heterocycles. The normalized spacial score (nSPS) is 13.0. The van der Waals surface area contributed by atoms with E-state index in [2.05, 4.69) is 12.6 Å². The summed E-state index contributed by atoms with van der Waals surface area (Å²) in [7, 11) is 0. The smallest absolute Gasteiger partial charge is 0.235 e. The number of nitrogens with zero attached hydrogens (tertiary/aromatic N) is 1. The molecule has 0 aliphatic rings. The van der Waals surface area contributed by atoms with Crippen molar-refractivity contribution < 1.29 is 9.90 Å². The van der Waals surface area contributed by atoms with E-state index in [0.717, 1.165) is 6.42 Å². The zero-order chi connectivity index (χ0) is 11.1. The van der Waals surface area contributed by atoms with Crippen molar-refractivity contribution in [3.05, 3.63) is 0 Å². The van der Waals surface area contributed by atoms with Gasteiger partial charge in [-0.15, -0.1) is 0 Å². The van der Waals surface area contributed by atoms with Gasteiger partial charge in [0.15, 0.2) is 0 Å². The van der Waals surface area contributed by atoms with Crippen LogP contribution in [-0.4, -0.2) is 40.9 Å². The Balaban J connectivity index is 4.26. The van der Waals surface area contributed by atoms with Crippen LogP contribution in [0, 0.1) is 5.92 Å². The number of hydrogen-bond donors (Lipinski definition) is 2. The second kappa shape index (κ2) is 7.12. The van der Waals surface area contributed by atoms with Gasteiger partial charge in [-0.25, -0.2) is 0 Å². The molecule has 1 atom stereocenters. The Kier molecular flexibility index (Phi) is 7.01. The van der Waals surface area contributed by atoms with Crippen molar-refractivity contribution in [2.45, 2.75) is 32.4 Å². The van der Waals surface area contributed by atoms with Crippen molar-refractivity contribution in [3.63, 3.8) is 0 Å². The molecule has 4 heteroatoms. The van der Waals surface area contributed by atoms with E-state index in [9.17, 15) is 4.79 Å². The standard InChI is InChI=1S/C10H21NO2S/c1-4-5-11(6-7-12)10(13)9(14)8(2)3/h8-9,12,14H,4-7H2,1-3H3. The Labute approximate surface area is 91.9 Å². The van der Waals surface area contributed by atoms with E-state index in [1.165, 1.54) is 0 Å². The predicted octanol–water partition coefficient (Wildman–Crippen LogP) is 1.17. The molecule has 0 aromatic rings. The minimum absolute atomic E-state index is 0.0182. The molecule has 0 aliphatic carbocycles. The van der Waals surface area contributed by atoms with Gasteiger partial charge in [-0.05, 0) is 12.3 Å². The number of aliphatic hydroxyl groups is 1. The Bertz CT molecular complexity index is 168. The summed E-state index contributed by atoms with van der Waals surface area (Å²) in [6.45, 7) is 7.09. The molecule has 0 spiro atoms. The molecule has 14 heavy (non-hydrogen) atoms. The fourth-order valence-corrected chi connectivity index (χ4v) is 1.36. The predicted molar refractivity (Wildman–Crippen MR) is 61.6 cm³/mol. The molecule has 84 valence electrons. The Hall–Kier alpha value is -0.220. The summed E-state index contributed by atoms with van der Waals surface area (Å²) >= 11 is 4.27. The lowest BCUT2D eigenvalue weighted by Gasteiger charge is -2.25. The molecule has 1 amide bonds. The number of aliphatic hydroxyl groups excluding tert-OH is 1. The van der Waals surface area contributed by atoms with Crippen molar-refractivity contribution >= 4 is 18.5 Å². The van der Waals surface area contributed by atoms with Crippen molar-refractivity contribution in [1.82, 2.24) is 4.90 Å². The molecule has 0 aliphatic heterocycles. The minimum Gasteiger partial charge on any atom is -0.395 e. The van der Waals surface area contributed by atoms with Gasteiger partial charge in [0.1, 0.15) is 0 Å². The van der Waals surface area contributed by atoms with Crippen LogP contribution in [0.15, 0.2) is 0 Å². The van der Waals surface area contributed by atoms with Crippen LogP contribution in [0.25, 0.3) is 0 Å². The van der Waals surface area contributed by atoms with E-state index in [-0.39, 0.29) is 23.7 Å². The number of hydrogen-bond acceptors (Lipinski definition) is 3. The SMILES string of the molecule is CCCN(CCO)C(=O)C(S)C(C)C. The summed E-state index contributed by atoms with van der Waals surface area (Å²) in [6, 6.07) is 0. The topological polar surface area (TPSA) is 40.5 Å². The first-order valence-corrected chi connectivity index (χ1v) is 5.63. The van der Waals surface area contributed by atoms with Crippen molar-refractivity contribution in [3.8, 4) is 0 Å². The van der Waals surface area contributed by atoms with Crippen LogP contribution in [0.1, 0.15) is 27.2 Å². The lowest BCUT2D eigenvalue weighted by Crippen LogP contribution is -2.41. The van der Waals surface area contributed by atoms with Crippen molar-refractivity contribution in [2.24, 2.45) is 5.92 Å². The molecule has 1 unspecified atom stereocenters. The monoisotopic (exact) mass is 219 g/mol. The molecule has 0 saturated heterocycles. The van der Waals surface area contributed by atoms with Gasteiger partial charge in [0.25, 0.3) is 0 Å². The van der Waals surface area contributed by atoms with E-state index in [4.69, 9.17) is 5.11 Å². The van der Waals surface area contributed by atoms with Crippen LogP contribution in [0.5, 0.6) is 0 Å². The fourth-order valence-electron chi connectivity index (χ4n) is 1.20. The molecule has 0 aromatic heterocycles. The molecule has 0 fully saturated rings. The summed E-state index contributed by atoms with van der Waals surface area (Å²) in [5.41, 5.74) is 0. The summed E-state index contributed by atoms with van der Waals surface area (Å²) in [6.07, 6.45) is 0.907. The van der Waals surface area contributed by atoms with Gasteiger partial charge in [-0.3, -0.25) is 4.79 Å². The summed E-state index contributed by atoms with van der Waals surface area (Å²) < 4.78 is 0. The quantitative estimate of drug-likeness (QED) is 0.658. The first-order valence-electron chi connectivity index (χ1n) is 5.12. The fraction of sp³-hybridized carbons (Fsp3) is 0.900. The van der Waals surface area contributed by atoms with E-state index in [1.54, 1.807) is 4.90 Å². The lowest BCUT2D eigenvalue weighted by atomic mass is 10.1. The van der Waals surface area contributed by atoms with Crippen LogP contribution in [0.4, 0.5) is 0 Å². The van der Waals surface area contributed by atoms with Crippen LogP contribution < -0.4 is 0 Å². The van der Waals surface area contributed by atoms with E-state index in [1.807, 2.05) is 20.8 Å². The minimum atomic E-state index is -0.256. The van der Waals surface area contributed by atoms with Gasteiger partial charge < -0.3 is 10.0 Å². The second-order valence-corrected chi connectivity index (χ2v) is 4.29. The summed E-state index contributed by atoms with van der Waals surface area (Å²) in [4.78, 5) is 13.5. The number of amides is 1. The van der Waals surface area contributed by atoms with E-state index < -0.39 is 0 Å². The molecule has 0 rings (SSSR count). The van der Waals surface area contributed by atoms with Gasteiger partial charge in [-0.1, -0.05) is 20.8 Å². The number of rotatable bonds is 6. The van der Waals surface area contributed by atoms with Crippen LogP contribution >= 0.6 is 12.6 Å². The van der Waals surface area contributed by atoms with Crippen LogP contribution in [-0.2, 0) is 4.79 Å². The third-order valence-electron chi connectivity index (χ3n) is 2.06. The number of thiol groups is 1. The third kappa shape index (κ3) is 4.33. The van der Waals surface area contributed by atoms with E-state index in [0.29, 0.717) is 13.1 Å². The van der Waals surface area contributed by atoms with Crippen LogP contribution in [0.3, 0.4) is 0 Å². The van der Waals surface area contributed by atoms with Crippen LogP contribution in [0.2, 0.25) is 0 Å². The van der Waals surface area contributed by atoms with Gasteiger partial charge in [0, 0.05) is 13.1 Å². The highest BCUT2D eigenvalue weighted by Crippen LogP contribution is 2.12. The highest BCUT2D eigenvalue weighted by atomic mass is 32.1.